The molecule has 2 aromatic carbocycles. The maximum Gasteiger partial charge on any atom is 0.232 e. The molecule has 30 heavy (non-hydrogen) atoms. The van der Waals surface area contributed by atoms with Crippen molar-refractivity contribution >= 4 is 28.6 Å². The molecular weight excluding hydrogens is 414 g/mol. The number of thiophene rings is 2. The Hall–Kier alpha value is -2.93. The molecule has 1 atom stereocenters. The molecule has 2 aromatic heterocycles. The molecule has 150 valence electrons. The van der Waals surface area contributed by atoms with Crippen LogP contribution in [0.5, 0.6) is 11.5 Å². The second-order valence-electron chi connectivity index (χ2n) is 7.18. The van der Waals surface area contributed by atoms with Gasteiger partial charge in [-0.2, -0.15) is 11.3 Å². The summed E-state index contributed by atoms with van der Waals surface area (Å²) >= 11 is 3.00. The largest absolute Gasteiger partial charge is 0.457 e. The monoisotopic (exact) mass is 433 g/mol. The lowest BCUT2D eigenvalue weighted by Crippen LogP contribution is -2.43. The summed E-state index contributed by atoms with van der Waals surface area (Å²) in [6.45, 7) is 0.0881. The van der Waals surface area contributed by atoms with Gasteiger partial charge in [0, 0.05) is 21.6 Å². The van der Waals surface area contributed by atoms with Crippen LogP contribution in [0.4, 0.5) is 0 Å². The van der Waals surface area contributed by atoms with Gasteiger partial charge in [-0.3, -0.25) is 4.79 Å². The number of fused-ring (bicyclic) bond motifs is 2. The first kappa shape index (κ1) is 19.1. The van der Waals surface area contributed by atoms with Gasteiger partial charge in [-0.15, -0.1) is 11.3 Å². The minimum absolute atomic E-state index is 0.0881. The van der Waals surface area contributed by atoms with E-state index in [1.165, 1.54) is 22.7 Å². The van der Waals surface area contributed by atoms with Crippen molar-refractivity contribution in [3.63, 3.8) is 0 Å². The van der Waals surface area contributed by atoms with E-state index < -0.39 is 11.5 Å². The zero-order valence-corrected chi connectivity index (χ0v) is 17.6. The number of benzene rings is 2. The number of para-hydroxylation sites is 2. The first-order valence-electron chi connectivity index (χ1n) is 9.59. The van der Waals surface area contributed by atoms with E-state index in [0.29, 0.717) is 11.5 Å². The summed E-state index contributed by atoms with van der Waals surface area (Å²) in [5.74, 6) is 0.704. The van der Waals surface area contributed by atoms with Gasteiger partial charge in [0.25, 0.3) is 0 Å². The summed E-state index contributed by atoms with van der Waals surface area (Å²) in [4.78, 5) is 14.2. The molecule has 4 nitrogen and oxygen atoms in total. The molecule has 0 unspecified atom stereocenters. The van der Waals surface area contributed by atoms with Crippen LogP contribution in [0, 0.1) is 0 Å². The number of aliphatic hydroxyl groups is 1. The molecule has 0 spiro atoms. The zero-order valence-electron chi connectivity index (χ0n) is 15.9. The predicted octanol–water partition coefficient (Wildman–Crippen LogP) is 5.10. The Balaban J connectivity index is 1.47. The Labute approximate surface area is 182 Å². The molecule has 5 rings (SSSR count). The fraction of sp³-hybridized carbons (Fsp3) is 0.125. The highest BCUT2D eigenvalue weighted by molar-refractivity contribution is 7.10. The normalized spacial score (nSPS) is 14.8. The molecule has 2 N–H and O–H groups in total. The first-order valence-corrected chi connectivity index (χ1v) is 11.4. The van der Waals surface area contributed by atoms with Crippen molar-refractivity contribution in [2.75, 3.05) is 6.54 Å². The molecule has 0 aliphatic carbocycles. The first-order chi connectivity index (χ1) is 14.7. The number of ether oxygens (including phenoxy) is 1. The Morgan fingerprint density at radius 3 is 2.27 bits per heavy atom. The molecule has 0 bridgehead atoms. The summed E-state index contributed by atoms with van der Waals surface area (Å²) in [5.41, 5.74) is 1.16. The van der Waals surface area contributed by atoms with Crippen LogP contribution in [0.15, 0.2) is 82.9 Å². The highest BCUT2D eigenvalue weighted by atomic mass is 32.1. The average Bonchev–Trinajstić information content (AvgIpc) is 3.50. The Bertz CT molecular complexity index is 1090. The molecule has 6 heteroatoms. The third-order valence-corrected chi connectivity index (χ3v) is 7.09. The van der Waals surface area contributed by atoms with Crippen molar-refractivity contribution in [1.82, 2.24) is 5.32 Å². The fourth-order valence-corrected chi connectivity index (χ4v) is 5.42. The Morgan fingerprint density at radius 1 is 0.967 bits per heavy atom. The second kappa shape index (κ2) is 7.72. The highest BCUT2D eigenvalue weighted by Gasteiger charge is 2.37. The van der Waals surface area contributed by atoms with Crippen molar-refractivity contribution in [1.29, 1.82) is 0 Å². The summed E-state index contributed by atoms with van der Waals surface area (Å²) in [5, 5.41) is 20.3. The number of carbonyl (C=O) groups excluding carboxylic acids is 1. The Morgan fingerprint density at radius 2 is 1.67 bits per heavy atom. The maximum absolute atomic E-state index is 13.4. The van der Waals surface area contributed by atoms with Crippen LogP contribution >= 0.6 is 22.7 Å². The number of carbonyl (C=O) groups is 1. The maximum atomic E-state index is 13.4. The van der Waals surface area contributed by atoms with Gasteiger partial charge in [0.05, 0.1) is 12.5 Å². The molecule has 1 amide bonds. The molecule has 0 radical (unpaired) electrons. The minimum Gasteiger partial charge on any atom is -0.457 e. The van der Waals surface area contributed by atoms with E-state index in [2.05, 4.69) is 5.32 Å². The van der Waals surface area contributed by atoms with E-state index in [0.717, 1.165) is 21.6 Å². The lowest BCUT2D eigenvalue weighted by atomic mass is 9.86. The summed E-state index contributed by atoms with van der Waals surface area (Å²) in [6, 6.07) is 20.9. The van der Waals surface area contributed by atoms with Gasteiger partial charge in [0.15, 0.2) is 0 Å². The fourth-order valence-electron chi connectivity index (χ4n) is 3.85. The van der Waals surface area contributed by atoms with Gasteiger partial charge in [-0.25, -0.2) is 0 Å². The van der Waals surface area contributed by atoms with Crippen LogP contribution in [0.3, 0.4) is 0 Å². The van der Waals surface area contributed by atoms with E-state index in [-0.39, 0.29) is 12.5 Å². The van der Waals surface area contributed by atoms with Gasteiger partial charge in [-0.05, 0) is 40.4 Å². The number of rotatable bonds is 5. The van der Waals surface area contributed by atoms with Gasteiger partial charge >= 0.3 is 0 Å². The number of hydrogen-bond acceptors (Lipinski definition) is 5. The van der Waals surface area contributed by atoms with Gasteiger partial charge in [-0.1, -0.05) is 42.5 Å². The van der Waals surface area contributed by atoms with Crippen LogP contribution in [-0.2, 0) is 10.4 Å². The zero-order chi connectivity index (χ0) is 20.6. The number of hydrogen-bond donors (Lipinski definition) is 2. The molecule has 1 aliphatic heterocycles. The number of nitrogens with one attached hydrogen (secondary N) is 1. The number of amides is 1. The van der Waals surface area contributed by atoms with Crippen molar-refractivity contribution in [2.45, 2.75) is 11.5 Å². The van der Waals surface area contributed by atoms with E-state index >= 15 is 0 Å². The molecule has 3 heterocycles. The van der Waals surface area contributed by atoms with Crippen molar-refractivity contribution < 1.29 is 14.6 Å². The van der Waals surface area contributed by atoms with Gasteiger partial charge in [0.1, 0.15) is 17.1 Å². The van der Waals surface area contributed by atoms with Crippen LogP contribution in [0.25, 0.3) is 0 Å². The predicted molar refractivity (Wildman–Crippen MR) is 119 cm³/mol. The van der Waals surface area contributed by atoms with Crippen LogP contribution in [0.2, 0.25) is 0 Å². The van der Waals surface area contributed by atoms with Gasteiger partial charge < -0.3 is 15.2 Å². The average molecular weight is 434 g/mol. The molecule has 1 aliphatic rings. The van der Waals surface area contributed by atoms with Crippen molar-refractivity contribution in [2.24, 2.45) is 0 Å². The smallest absolute Gasteiger partial charge is 0.232 e. The minimum atomic E-state index is -1.27. The summed E-state index contributed by atoms with van der Waals surface area (Å²) in [6.07, 6.45) is 0. The Kier molecular flexibility index (Phi) is 4.90. The molecular formula is C24H19NO3S2. The van der Waals surface area contributed by atoms with E-state index in [4.69, 9.17) is 4.74 Å². The standard InChI is InChI=1S/C24H19NO3S2/c26-23(25-15-24(27,16-11-13-29-14-16)21-10-5-12-30-21)22-17-6-1-3-8-19(17)28-20-9-4-2-7-18(20)22/h1-14,22,27H,15H2,(H,25,26)/t24-/m1/s1. The second-order valence-corrected chi connectivity index (χ2v) is 8.91. The SMILES string of the molecule is O=C(NC[C@@](O)(c1ccsc1)c1cccs1)C1c2ccccc2Oc2ccccc21. The molecule has 0 saturated heterocycles. The topological polar surface area (TPSA) is 58.6 Å². The van der Waals surface area contributed by atoms with E-state index in [1.54, 1.807) is 0 Å². The third kappa shape index (κ3) is 3.23. The van der Waals surface area contributed by atoms with Crippen molar-refractivity contribution in [3.05, 3.63) is 104 Å². The molecule has 0 fully saturated rings. The third-order valence-electron chi connectivity index (χ3n) is 5.39. The summed E-state index contributed by atoms with van der Waals surface area (Å²) < 4.78 is 5.99. The van der Waals surface area contributed by atoms with E-state index in [1.807, 2.05) is 82.9 Å². The van der Waals surface area contributed by atoms with Gasteiger partial charge in [0.2, 0.25) is 5.91 Å². The molecule has 4 aromatic rings. The lowest BCUT2D eigenvalue weighted by molar-refractivity contribution is -0.122. The van der Waals surface area contributed by atoms with Crippen LogP contribution in [-0.4, -0.2) is 17.6 Å². The highest BCUT2D eigenvalue weighted by Crippen LogP contribution is 2.44. The van der Waals surface area contributed by atoms with Crippen LogP contribution in [0.1, 0.15) is 27.5 Å². The summed E-state index contributed by atoms with van der Waals surface area (Å²) in [7, 11) is 0. The van der Waals surface area contributed by atoms with E-state index in [9.17, 15) is 9.90 Å². The quantitative estimate of drug-likeness (QED) is 0.460. The van der Waals surface area contributed by atoms with Crippen LogP contribution < -0.4 is 10.1 Å². The molecule has 0 saturated carbocycles. The van der Waals surface area contributed by atoms with Crippen molar-refractivity contribution in [3.8, 4) is 11.5 Å². The lowest BCUT2D eigenvalue weighted by Gasteiger charge is -2.30.